The summed E-state index contributed by atoms with van der Waals surface area (Å²) in [6.45, 7) is 0. The van der Waals surface area contributed by atoms with Gasteiger partial charge in [0.15, 0.2) is 0 Å². The molecule has 0 saturated carbocycles. The summed E-state index contributed by atoms with van der Waals surface area (Å²) in [6.07, 6.45) is 3.71. The van der Waals surface area contributed by atoms with Gasteiger partial charge < -0.3 is 0 Å². The van der Waals surface area contributed by atoms with Crippen molar-refractivity contribution in [3.05, 3.63) is 54.2 Å². The minimum atomic E-state index is 1.19. The molecule has 0 spiro atoms. The summed E-state index contributed by atoms with van der Waals surface area (Å²) in [5, 5.41) is 3.51. The molecule has 3 aromatic rings. The first-order valence-electron chi connectivity index (χ1n) is 4.82. The number of thiophene rings is 1. The molecule has 1 nitrogen and oxygen atoms in total. The lowest BCUT2D eigenvalue weighted by atomic mass is 10.1. The van der Waals surface area contributed by atoms with E-state index in [0.29, 0.717) is 0 Å². The van der Waals surface area contributed by atoms with Crippen LogP contribution in [0.25, 0.3) is 21.2 Å². The first-order valence-corrected chi connectivity index (χ1v) is 5.70. The summed E-state index contributed by atoms with van der Waals surface area (Å²) in [6, 6.07) is 12.5. The monoisotopic (exact) mass is 211 g/mol. The van der Waals surface area contributed by atoms with Crippen molar-refractivity contribution in [2.45, 2.75) is 0 Å². The minimum absolute atomic E-state index is 1.19. The van der Waals surface area contributed by atoms with E-state index in [2.05, 4.69) is 40.7 Å². The molecule has 0 aliphatic heterocycles. The Labute approximate surface area is 92.0 Å². The van der Waals surface area contributed by atoms with Crippen LogP contribution in [-0.2, 0) is 0 Å². The van der Waals surface area contributed by atoms with Gasteiger partial charge in [-0.3, -0.25) is 4.98 Å². The molecule has 2 heterocycles. The van der Waals surface area contributed by atoms with Crippen LogP contribution in [0.5, 0.6) is 0 Å². The van der Waals surface area contributed by atoms with Crippen molar-refractivity contribution < 1.29 is 0 Å². The molecule has 0 bridgehead atoms. The van der Waals surface area contributed by atoms with Crippen LogP contribution in [0.3, 0.4) is 0 Å². The fourth-order valence-electron chi connectivity index (χ4n) is 1.72. The van der Waals surface area contributed by atoms with E-state index < -0.39 is 0 Å². The fourth-order valence-corrected chi connectivity index (χ4v) is 2.69. The van der Waals surface area contributed by atoms with Crippen LogP contribution in [0.15, 0.2) is 54.2 Å². The molecular weight excluding hydrogens is 202 g/mol. The SMILES string of the molecule is c1cncc(-c2csc3ccccc23)c1. The largest absolute Gasteiger partial charge is 0.264 e. The topological polar surface area (TPSA) is 12.9 Å². The van der Waals surface area contributed by atoms with Crippen LogP contribution in [0.4, 0.5) is 0 Å². The Kier molecular flexibility index (Phi) is 2.00. The predicted molar refractivity (Wildman–Crippen MR) is 65.1 cm³/mol. The number of pyridine rings is 1. The zero-order chi connectivity index (χ0) is 10.1. The number of rotatable bonds is 1. The molecule has 0 saturated heterocycles. The van der Waals surface area contributed by atoms with Crippen molar-refractivity contribution >= 4 is 21.4 Å². The van der Waals surface area contributed by atoms with Gasteiger partial charge in [-0.25, -0.2) is 0 Å². The van der Waals surface area contributed by atoms with E-state index in [9.17, 15) is 0 Å². The molecule has 3 rings (SSSR count). The van der Waals surface area contributed by atoms with E-state index in [-0.39, 0.29) is 0 Å². The molecule has 0 aliphatic rings. The Balaban J connectivity index is 2.28. The molecule has 1 aromatic carbocycles. The molecular formula is C13H9NS. The van der Waals surface area contributed by atoms with Gasteiger partial charge in [0.1, 0.15) is 0 Å². The molecule has 0 aliphatic carbocycles. The van der Waals surface area contributed by atoms with Crippen molar-refractivity contribution in [3.63, 3.8) is 0 Å². The number of hydrogen-bond acceptors (Lipinski definition) is 2. The van der Waals surface area contributed by atoms with Gasteiger partial charge in [-0.1, -0.05) is 24.3 Å². The van der Waals surface area contributed by atoms with Crippen molar-refractivity contribution in [1.82, 2.24) is 4.98 Å². The van der Waals surface area contributed by atoms with Gasteiger partial charge in [-0.2, -0.15) is 0 Å². The quantitative estimate of drug-likeness (QED) is 0.593. The van der Waals surface area contributed by atoms with E-state index in [0.717, 1.165) is 0 Å². The van der Waals surface area contributed by atoms with Crippen LogP contribution in [-0.4, -0.2) is 4.98 Å². The Morgan fingerprint density at radius 3 is 2.80 bits per heavy atom. The number of hydrogen-bond donors (Lipinski definition) is 0. The predicted octanol–water partition coefficient (Wildman–Crippen LogP) is 3.96. The molecule has 0 atom stereocenters. The van der Waals surface area contributed by atoms with E-state index in [1.54, 1.807) is 17.5 Å². The third-order valence-corrected chi connectivity index (χ3v) is 3.42. The molecule has 0 fully saturated rings. The maximum atomic E-state index is 4.15. The van der Waals surface area contributed by atoms with E-state index in [4.69, 9.17) is 0 Å². The lowest BCUT2D eigenvalue weighted by Gasteiger charge is -1.97. The first kappa shape index (κ1) is 8.62. The van der Waals surface area contributed by atoms with Gasteiger partial charge in [0.25, 0.3) is 0 Å². The average molecular weight is 211 g/mol. The van der Waals surface area contributed by atoms with E-state index in [1.165, 1.54) is 21.2 Å². The summed E-state index contributed by atoms with van der Waals surface area (Å²) in [5.41, 5.74) is 2.47. The minimum Gasteiger partial charge on any atom is -0.264 e. The second-order valence-electron chi connectivity index (χ2n) is 3.39. The molecule has 0 unspecified atom stereocenters. The highest BCUT2D eigenvalue weighted by molar-refractivity contribution is 7.17. The summed E-state index contributed by atoms with van der Waals surface area (Å²) in [4.78, 5) is 4.15. The first-order chi connectivity index (χ1) is 7.45. The maximum Gasteiger partial charge on any atom is 0.0349 e. The molecule has 0 N–H and O–H groups in total. The zero-order valence-corrected chi connectivity index (χ0v) is 8.87. The maximum absolute atomic E-state index is 4.15. The molecule has 72 valence electrons. The molecule has 0 radical (unpaired) electrons. The molecule has 2 heteroatoms. The second kappa shape index (κ2) is 3.48. The standard InChI is InChI=1S/C13H9NS/c1-2-6-13-11(5-1)12(9-15-13)10-4-3-7-14-8-10/h1-9H. The normalized spacial score (nSPS) is 10.7. The smallest absolute Gasteiger partial charge is 0.0349 e. The van der Waals surface area contributed by atoms with Crippen molar-refractivity contribution in [3.8, 4) is 11.1 Å². The Bertz CT molecular complexity index is 584. The van der Waals surface area contributed by atoms with Crippen molar-refractivity contribution in [2.75, 3.05) is 0 Å². The van der Waals surface area contributed by atoms with E-state index in [1.807, 2.05) is 12.3 Å². The summed E-state index contributed by atoms with van der Waals surface area (Å²) < 4.78 is 1.33. The molecule has 2 aromatic heterocycles. The van der Waals surface area contributed by atoms with Gasteiger partial charge >= 0.3 is 0 Å². The number of fused-ring (bicyclic) bond motifs is 1. The van der Waals surface area contributed by atoms with E-state index >= 15 is 0 Å². The third kappa shape index (κ3) is 1.43. The Hall–Kier alpha value is -1.67. The van der Waals surface area contributed by atoms with Crippen LogP contribution < -0.4 is 0 Å². The van der Waals surface area contributed by atoms with Gasteiger partial charge in [-0.05, 0) is 17.5 Å². The summed E-state index contributed by atoms with van der Waals surface area (Å²) >= 11 is 1.78. The van der Waals surface area contributed by atoms with Gasteiger partial charge in [0.05, 0.1) is 0 Å². The van der Waals surface area contributed by atoms with Gasteiger partial charge in [-0.15, -0.1) is 11.3 Å². The Morgan fingerprint density at radius 2 is 1.93 bits per heavy atom. The molecule has 15 heavy (non-hydrogen) atoms. The number of aromatic nitrogens is 1. The number of nitrogens with zero attached hydrogens (tertiary/aromatic N) is 1. The van der Waals surface area contributed by atoms with Crippen LogP contribution >= 0.6 is 11.3 Å². The van der Waals surface area contributed by atoms with Gasteiger partial charge in [0.2, 0.25) is 0 Å². The number of benzene rings is 1. The average Bonchev–Trinajstić information content (AvgIpc) is 2.74. The molecule has 0 amide bonds. The highest BCUT2D eigenvalue weighted by Gasteiger charge is 2.04. The van der Waals surface area contributed by atoms with Crippen LogP contribution in [0.1, 0.15) is 0 Å². The zero-order valence-electron chi connectivity index (χ0n) is 8.05. The highest BCUT2D eigenvalue weighted by atomic mass is 32.1. The summed E-state index contributed by atoms with van der Waals surface area (Å²) in [7, 11) is 0. The van der Waals surface area contributed by atoms with Crippen molar-refractivity contribution in [1.29, 1.82) is 0 Å². The third-order valence-electron chi connectivity index (χ3n) is 2.45. The van der Waals surface area contributed by atoms with Crippen LogP contribution in [0, 0.1) is 0 Å². The summed E-state index contributed by atoms with van der Waals surface area (Å²) in [5.74, 6) is 0. The highest BCUT2D eigenvalue weighted by Crippen LogP contribution is 2.32. The second-order valence-corrected chi connectivity index (χ2v) is 4.30. The Morgan fingerprint density at radius 1 is 1.00 bits per heavy atom. The van der Waals surface area contributed by atoms with Crippen LogP contribution in [0.2, 0.25) is 0 Å². The fraction of sp³-hybridized carbons (Fsp3) is 0. The van der Waals surface area contributed by atoms with Crippen molar-refractivity contribution in [2.24, 2.45) is 0 Å². The lowest BCUT2D eigenvalue weighted by Crippen LogP contribution is -1.76. The van der Waals surface area contributed by atoms with Gasteiger partial charge in [0, 0.05) is 33.6 Å². The lowest BCUT2D eigenvalue weighted by molar-refractivity contribution is 1.33.